The lowest BCUT2D eigenvalue weighted by molar-refractivity contribution is 0.0474. The molecule has 2 aromatic rings. The van der Waals surface area contributed by atoms with E-state index in [2.05, 4.69) is 4.72 Å². The molecule has 1 saturated heterocycles. The van der Waals surface area contributed by atoms with Crippen LogP contribution >= 0.6 is 11.6 Å². The number of aryl methyl sites for hydroxylation is 1. The number of hydrogen-bond acceptors (Lipinski definition) is 6. The van der Waals surface area contributed by atoms with Crippen molar-refractivity contribution in [1.29, 1.82) is 0 Å². The molecule has 1 aliphatic heterocycles. The topological polar surface area (TPSA) is 104 Å². The molecule has 0 amide bonds. The van der Waals surface area contributed by atoms with Gasteiger partial charge in [-0.3, -0.25) is 4.79 Å². The largest absolute Gasteiger partial charge is 0.454 e. The number of halogens is 1. The van der Waals surface area contributed by atoms with Gasteiger partial charge in [0.1, 0.15) is 4.90 Å². The second kappa shape index (κ2) is 9.52. The maximum Gasteiger partial charge on any atom is 0.338 e. The molecular weight excluding hydrogens is 444 g/mol. The maximum absolute atomic E-state index is 12.6. The van der Waals surface area contributed by atoms with Gasteiger partial charge >= 0.3 is 5.97 Å². The Morgan fingerprint density at radius 2 is 2.03 bits per heavy atom. The Labute approximate surface area is 186 Å². The molecule has 0 radical (unpaired) electrons. The molecule has 0 spiro atoms. The number of benzene rings is 1. The first-order valence-corrected chi connectivity index (χ1v) is 11.7. The van der Waals surface area contributed by atoms with E-state index in [1.165, 1.54) is 12.1 Å². The van der Waals surface area contributed by atoms with Crippen molar-refractivity contribution >= 4 is 33.4 Å². The van der Waals surface area contributed by atoms with Crippen molar-refractivity contribution in [1.82, 2.24) is 9.29 Å². The second-order valence-electron chi connectivity index (χ2n) is 7.48. The van der Waals surface area contributed by atoms with E-state index in [1.807, 2.05) is 25.5 Å². The molecule has 1 aromatic carbocycles. The zero-order chi connectivity index (χ0) is 22.8. The number of ether oxygens (including phenoxy) is 2. The van der Waals surface area contributed by atoms with Crippen LogP contribution in [0.1, 0.15) is 44.9 Å². The van der Waals surface area contributed by atoms with Crippen LogP contribution in [0.3, 0.4) is 0 Å². The fourth-order valence-electron chi connectivity index (χ4n) is 3.35. The van der Waals surface area contributed by atoms with Crippen LogP contribution in [-0.2, 0) is 26.5 Å². The minimum absolute atomic E-state index is 0.0179. The van der Waals surface area contributed by atoms with Gasteiger partial charge in [0.05, 0.1) is 16.7 Å². The molecule has 0 bridgehead atoms. The van der Waals surface area contributed by atoms with E-state index >= 15 is 0 Å². The van der Waals surface area contributed by atoms with Crippen molar-refractivity contribution in [3.05, 3.63) is 51.8 Å². The van der Waals surface area contributed by atoms with Gasteiger partial charge in [-0.05, 0) is 51.0 Å². The molecule has 8 nitrogen and oxygen atoms in total. The Kier molecular flexibility index (Phi) is 7.20. The molecule has 0 aliphatic carbocycles. The highest BCUT2D eigenvalue weighted by Crippen LogP contribution is 2.24. The number of nitrogens with zero attached hydrogens (tertiary/aromatic N) is 1. The summed E-state index contributed by atoms with van der Waals surface area (Å²) >= 11 is 6.06. The zero-order valence-electron chi connectivity index (χ0n) is 17.6. The van der Waals surface area contributed by atoms with Crippen molar-refractivity contribution in [2.24, 2.45) is 7.05 Å². The molecule has 1 unspecified atom stereocenters. The summed E-state index contributed by atoms with van der Waals surface area (Å²) in [5.41, 5.74) is 2.15. The second-order valence-corrected chi connectivity index (χ2v) is 9.62. The summed E-state index contributed by atoms with van der Waals surface area (Å²) in [7, 11) is -2.11. The average molecular weight is 469 g/mol. The third-order valence-corrected chi connectivity index (χ3v) is 7.30. The molecule has 10 heteroatoms. The number of aromatic nitrogens is 1. The summed E-state index contributed by atoms with van der Waals surface area (Å²) in [6.45, 7) is 3.96. The minimum Gasteiger partial charge on any atom is -0.454 e. The summed E-state index contributed by atoms with van der Waals surface area (Å²) in [4.78, 5) is 24.6. The first-order valence-electron chi connectivity index (χ1n) is 9.84. The van der Waals surface area contributed by atoms with E-state index in [1.54, 1.807) is 6.07 Å². The standard InChI is InChI=1S/C21H25ClN2O6S/c1-13-9-17(14(2)24(13)3)19(25)12-30-21(26)15-6-7-18(22)20(10-15)31(27,28)23-11-16-5-4-8-29-16/h6-7,9-10,16,23H,4-5,8,11-12H2,1-3H3. The van der Waals surface area contributed by atoms with Crippen LogP contribution in [-0.4, -0.2) is 50.6 Å². The molecule has 2 heterocycles. The predicted octanol–water partition coefficient (Wildman–Crippen LogP) is 2.79. The van der Waals surface area contributed by atoms with Gasteiger partial charge in [0.25, 0.3) is 0 Å². The van der Waals surface area contributed by atoms with Gasteiger partial charge in [0, 0.05) is 37.2 Å². The van der Waals surface area contributed by atoms with Crippen LogP contribution in [0, 0.1) is 13.8 Å². The van der Waals surface area contributed by atoms with E-state index in [0.29, 0.717) is 12.2 Å². The molecule has 1 atom stereocenters. The summed E-state index contributed by atoms with van der Waals surface area (Å²) in [6, 6.07) is 5.54. The number of Topliss-reactive ketones (excluding diaryl/α,β-unsaturated/α-hetero) is 1. The Hall–Kier alpha value is -2.20. The lowest BCUT2D eigenvalue weighted by Gasteiger charge is -2.13. The Bertz CT molecular complexity index is 1100. The quantitative estimate of drug-likeness (QED) is 0.472. The highest BCUT2D eigenvalue weighted by molar-refractivity contribution is 7.89. The van der Waals surface area contributed by atoms with Gasteiger partial charge in [0.15, 0.2) is 6.61 Å². The molecule has 1 N–H and O–H groups in total. The molecule has 168 valence electrons. The van der Waals surface area contributed by atoms with Gasteiger partial charge in [-0.25, -0.2) is 17.9 Å². The first-order chi connectivity index (χ1) is 14.6. The van der Waals surface area contributed by atoms with Gasteiger partial charge in [0.2, 0.25) is 15.8 Å². The van der Waals surface area contributed by atoms with Gasteiger partial charge < -0.3 is 14.0 Å². The normalized spacial score (nSPS) is 16.5. The van der Waals surface area contributed by atoms with Gasteiger partial charge in [-0.1, -0.05) is 11.6 Å². The van der Waals surface area contributed by atoms with Crippen LogP contribution in [0.5, 0.6) is 0 Å². The number of sulfonamides is 1. The molecule has 1 fully saturated rings. The SMILES string of the molecule is Cc1cc(C(=O)COC(=O)c2ccc(Cl)c(S(=O)(=O)NCC3CCCO3)c2)c(C)n1C. The van der Waals surface area contributed by atoms with Crippen molar-refractivity contribution in [3.63, 3.8) is 0 Å². The molecule has 1 aliphatic rings. The highest BCUT2D eigenvalue weighted by Gasteiger charge is 2.24. The van der Waals surface area contributed by atoms with Gasteiger partial charge in [-0.15, -0.1) is 0 Å². The number of carbonyl (C=O) groups is 2. The number of nitrogens with one attached hydrogen (secondary N) is 1. The van der Waals surface area contributed by atoms with E-state index in [4.69, 9.17) is 21.1 Å². The smallest absolute Gasteiger partial charge is 0.338 e. The van der Waals surface area contributed by atoms with Crippen molar-refractivity contribution < 1.29 is 27.5 Å². The number of ketones is 1. The fraction of sp³-hybridized carbons (Fsp3) is 0.429. The monoisotopic (exact) mass is 468 g/mol. The molecule has 0 saturated carbocycles. The molecule has 3 rings (SSSR count). The number of hydrogen-bond donors (Lipinski definition) is 1. The van der Waals surface area contributed by atoms with E-state index in [9.17, 15) is 18.0 Å². The number of carbonyl (C=O) groups excluding carboxylic acids is 2. The average Bonchev–Trinajstić information content (AvgIpc) is 3.35. The predicted molar refractivity (Wildman–Crippen MR) is 115 cm³/mol. The summed E-state index contributed by atoms with van der Waals surface area (Å²) in [6.07, 6.45) is 1.48. The molecule has 31 heavy (non-hydrogen) atoms. The Morgan fingerprint density at radius 1 is 1.29 bits per heavy atom. The number of rotatable bonds is 8. The van der Waals surface area contributed by atoms with Crippen LogP contribution in [0.25, 0.3) is 0 Å². The zero-order valence-corrected chi connectivity index (χ0v) is 19.2. The van der Waals surface area contributed by atoms with E-state index < -0.39 is 22.6 Å². The van der Waals surface area contributed by atoms with Crippen LogP contribution in [0.2, 0.25) is 5.02 Å². The third-order valence-electron chi connectivity index (χ3n) is 5.39. The van der Waals surface area contributed by atoms with E-state index in [0.717, 1.165) is 30.3 Å². The van der Waals surface area contributed by atoms with E-state index in [-0.39, 0.29) is 33.9 Å². The first kappa shape index (κ1) is 23.5. The summed E-state index contributed by atoms with van der Waals surface area (Å²) in [5, 5.41) is -0.0251. The maximum atomic E-state index is 12.6. The number of esters is 1. The van der Waals surface area contributed by atoms with Crippen LogP contribution < -0.4 is 4.72 Å². The van der Waals surface area contributed by atoms with Crippen molar-refractivity contribution in [2.45, 2.75) is 37.7 Å². The lowest BCUT2D eigenvalue weighted by Crippen LogP contribution is -2.32. The van der Waals surface area contributed by atoms with Gasteiger partial charge in [-0.2, -0.15) is 0 Å². The summed E-state index contributed by atoms with van der Waals surface area (Å²) < 4.78 is 40.2. The Morgan fingerprint density at radius 3 is 2.65 bits per heavy atom. The Balaban J connectivity index is 1.69. The van der Waals surface area contributed by atoms with Crippen LogP contribution in [0.4, 0.5) is 0 Å². The van der Waals surface area contributed by atoms with Crippen LogP contribution in [0.15, 0.2) is 29.2 Å². The van der Waals surface area contributed by atoms with Crippen molar-refractivity contribution in [2.75, 3.05) is 19.8 Å². The third kappa shape index (κ3) is 5.35. The molecular formula is C21H25ClN2O6S. The van der Waals surface area contributed by atoms with Crippen molar-refractivity contribution in [3.8, 4) is 0 Å². The molecule has 1 aromatic heterocycles. The lowest BCUT2D eigenvalue weighted by atomic mass is 10.1. The highest BCUT2D eigenvalue weighted by atomic mass is 35.5. The minimum atomic E-state index is -3.96. The summed E-state index contributed by atoms with van der Waals surface area (Å²) in [5.74, 6) is -1.15. The fourth-order valence-corrected chi connectivity index (χ4v) is 4.94.